The highest BCUT2D eigenvalue weighted by atomic mass is 16.5. The molecular formula is C14H28N2O. The van der Waals surface area contributed by atoms with Crippen LogP contribution in [0.3, 0.4) is 0 Å². The summed E-state index contributed by atoms with van der Waals surface area (Å²) in [6, 6.07) is 2.05. The van der Waals surface area contributed by atoms with Crippen LogP contribution in [0.25, 0.3) is 0 Å². The van der Waals surface area contributed by atoms with E-state index in [2.05, 4.69) is 31.0 Å². The van der Waals surface area contributed by atoms with Crippen molar-refractivity contribution in [3.63, 3.8) is 0 Å². The van der Waals surface area contributed by atoms with Crippen LogP contribution in [0.5, 0.6) is 0 Å². The first-order chi connectivity index (χ1) is 8.24. The predicted octanol–water partition coefficient (Wildman–Crippen LogP) is 1.87. The second kappa shape index (κ2) is 6.17. The Balaban J connectivity index is 1.92. The van der Waals surface area contributed by atoms with Crippen molar-refractivity contribution in [2.24, 2.45) is 5.92 Å². The molecule has 100 valence electrons. The van der Waals surface area contributed by atoms with E-state index in [4.69, 9.17) is 4.74 Å². The minimum absolute atomic E-state index is 0.670. The molecule has 0 radical (unpaired) electrons. The summed E-state index contributed by atoms with van der Waals surface area (Å²) in [7, 11) is 0. The van der Waals surface area contributed by atoms with E-state index < -0.39 is 0 Å². The second-order valence-corrected chi connectivity index (χ2v) is 5.66. The van der Waals surface area contributed by atoms with Crippen LogP contribution >= 0.6 is 0 Å². The Kier molecular flexibility index (Phi) is 4.83. The number of ether oxygens (including phenoxy) is 1. The number of hydrogen-bond donors (Lipinski definition) is 1. The summed E-state index contributed by atoms with van der Waals surface area (Å²) in [6.45, 7) is 11.2. The van der Waals surface area contributed by atoms with Gasteiger partial charge in [-0.2, -0.15) is 0 Å². The number of likely N-dealkylation sites (tertiary alicyclic amines) is 1. The van der Waals surface area contributed by atoms with E-state index >= 15 is 0 Å². The molecule has 17 heavy (non-hydrogen) atoms. The zero-order valence-electron chi connectivity index (χ0n) is 11.6. The molecule has 0 aromatic heterocycles. The van der Waals surface area contributed by atoms with E-state index in [1.165, 1.54) is 25.8 Å². The number of rotatable bonds is 3. The molecule has 2 fully saturated rings. The van der Waals surface area contributed by atoms with Gasteiger partial charge in [0.2, 0.25) is 0 Å². The van der Waals surface area contributed by atoms with Crippen molar-refractivity contribution in [2.45, 2.75) is 58.2 Å². The summed E-state index contributed by atoms with van der Waals surface area (Å²) in [6.07, 6.45) is 3.84. The molecule has 4 atom stereocenters. The van der Waals surface area contributed by atoms with Gasteiger partial charge in [-0.05, 0) is 38.6 Å². The van der Waals surface area contributed by atoms with Gasteiger partial charge in [-0.3, -0.25) is 4.90 Å². The maximum absolute atomic E-state index is 5.64. The van der Waals surface area contributed by atoms with Gasteiger partial charge in [-0.25, -0.2) is 0 Å². The SMILES string of the molecule is CCNC1CCN(C2CCCOC2)C(C)C1C. The van der Waals surface area contributed by atoms with Crippen molar-refractivity contribution in [1.82, 2.24) is 10.2 Å². The van der Waals surface area contributed by atoms with Crippen molar-refractivity contribution in [3.8, 4) is 0 Å². The second-order valence-electron chi connectivity index (χ2n) is 5.66. The number of hydrogen-bond acceptors (Lipinski definition) is 3. The quantitative estimate of drug-likeness (QED) is 0.815. The number of nitrogens with one attached hydrogen (secondary N) is 1. The fourth-order valence-corrected chi connectivity index (χ4v) is 3.44. The Morgan fingerprint density at radius 1 is 1.29 bits per heavy atom. The van der Waals surface area contributed by atoms with Gasteiger partial charge in [-0.1, -0.05) is 13.8 Å². The summed E-state index contributed by atoms with van der Waals surface area (Å²) < 4.78 is 5.64. The average Bonchev–Trinajstić information content (AvgIpc) is 2.36. The number of nitrogens with zero attached hydrogens (tertiary/aromatic N) is 1. The average molecular weight is 240 g/mol. The van der Waals surface area contributed by atoms with Gasteiger partial charge in [0.1, 0.15) is 0 Å². The Morgan fingerprint density at radius 3 is 2.76 bits per heavy atom. The van der Waals surface area contributed by atoms with Gasteiger partial charge < -0.3 is 10.1 Å². The molecule has 0 spiro atoms. The van der Waals surface area contributed by atoms with E-state index in [1.807, 2.05) is 0 Å². The zero-order chi connectivity index (χ0) is 12.3. The van der Waals surface area contributed by atoms with Gasteiger partial charge in [0, 0.05) is 31.3 Å². The van der Waals surface area contributed by atoms with E-state index in [-0.39, 0.29) is 0 Å². The fourth-order valence-electron chi connectivity index (χ4n) is 3.44. The van der Waals surface area contributed by atoms with Crippen LogP contribution in [0.2, 0.25) is 0 Å². The monoisotopic (exact) mass is 240 g/mol. The molecule has 0 aromatic carbocycles. The van der Waals surface area contributed by atoms with Crippen LogP contribution in [0.1, 0.15) is 40.0 Å². The van der Waals surface area contributed by atoms with E-state index in [9.17, 15) is 0 Å². The third kappa shape index (κ3) is 3.01. The minimum atomic E-state index is 0.670. The molecule has 0 saturated carbocycles. The standard InChI is InChI=1S/C14H28N2O/c1-4-15-14-7-8-16(12(3)11(14)2)13-6-5-9-17-10-13/h11-15H,4-10H2,1-3H3. The first-order valence-corrected chi connectivity index (χ1v) is 7.31. The Labute approximate surface area is 106 Å². The highest BCUT2D eigenvalue weighted by Crippen LogP contribution is 2.28. The molecule has 1 N–H and O–H groups in total. The Bertz CT molecular complexity index is 228. The lowest BCUT2D eigenvalue weighted by molar-refractivity contribution is -0.0275. The molecule has 0 aromatic rings. The lowest BCUT2D eigenvalue weighted by Gasteiger charge is -2.47. The summed E-state index contributed by atoms with van der Waals surface area (Å²) in [4.78, 5) is 2.69. The molecule has 0 bridgehead atoms. The fraction of sp³-hybridized carbons (Fsp3) is 1.00. The smallest absolute Gasteiger partial charge is 0.0621 e. The van der Waals surface area contributed by atoms with Gasteiger partial charge in [-0.15, -0.1) is 0 Å². The molecule has 2 saturated heterocycles. The molecule has 0 amide bonds. The van der Waals surface area contributed by atoms with E-state index in [1.54, 1.807) is 0 Å². The maximum atomic E-state index is 5.64. The van der Waals surface area contributed by atoms with E-state index in [0.717, 1.165) is 25.7 Å². The van der Waals surface area contributed by atoms with Crippen LogP contribution in [-0.4, -0.2) is 49.3 Å². The van der Waals surface area contributed by atoms with Crippen molar-refractivity contribution < 1.29 is 4.74 Å². The summed E-state index contributed by atoms with van der Waals surface area (Å²) in [5.41, 5.74) is 0. The third-order valence-corrected chi connectivity index (χ3v) is 4.69. The molecule has 3 heteroatoms. The van der Waals surface area contributed by atoms with Crippen LogP contribution in [0.4, 0.5) is 0 Å². The summed E-state index contributed by atoms with van der Waals surface area (Å²) >= 11 is 0. The topological polar surface area (TPSA) is 24.5 Å². The van der Waals surface area contributed by atoms with Crippen molar-refractivity contribution in [3.05, 3.63) is 0 Å². The molecule has 4 unspecified atom stereocenters. The highest BCUT2D eigenvalue weighted by molar-refractivity contribution is 4.91. The van der Waals surface area contributed by atoms with Crippen LogP contribution < -0.4 is 5.32 Å². The molecule has 2 heterocycles. The highest BCUT2D eigenvalue weighted by Gasteiger charge is 2.35. The van der Waals surface area contributed by atoms with Gasteiger partial charge in [0.15, 0.2) is 0 Å². The van der Waals surface area contributed by atoms with Gasteiger partial charge >= 0.3 is 0 Å². The van der Waals surface area contributed by atoms with Crippen molar-refractivity contribution >= 4 is 0 Å². The Hall–Kier alpha value is -0.120. The maximum Gasteiger partial charge on any atom is 0.0621 e. The first kappa shape index (κ1) is 13.3. The molecule has 2 rings (SSSR count). The zero-order valence-corrected chi connectivity index (χ0v) is 11.6. The van der Waals surface area contributed by atoms with Crippen LogP contribution in [-0.2, 0) is 4.74 Å². The first-order valence-electron chi connectivity index (χ1n) is 7.31. The largest absolute Gasteiger partial charge is 0.380 e. The summed E-state index contributed by atoms with van der Waals surface area (Å²) in [5.74, 6) is 0.741. The van der Waals surface area contributed by atoms with Gasteiger partial charge in [0.25, 0.3) is 0 Å². The van der Waals surface area contributed by atoms with Crippen LogP contribution in [0, 0.1) is 5.92 Å². The van der Waals surface area contributed by atoms with Gasteiger partial charge in [0.05, 0.1) is 6.61 Å². The molecule has 0 aliphatic carbocycles. The van der Waals surface area contributed by atoms with Crippen molar-refractivity contribution in [1.29, 1.82) is 0 Å². The van der Waals surface area contributed by atoms with E-state index in [0.29, 0.717) is 18.1 Å². The molecule has 3 nitrogen and oxygen atoms in total. The molecule has 2 aliphatic rings. The molecule has 2 aliphatic heterocycles. The normalized spacial score (nSPS) is 40.4. The number of piperidine rings is 1. The van der Waals surface area contributed by atoms with Crippen LogP contribution in [0.15, 0.2) is 0 Å². The Morgan fingerprint density at radius 2 is 2.12 bits per heavy atom. The predicted molar refractivity (Wildman–Crippen MR) is 71.3 cm³/mol. The lowest BCUT2D eigenvalue weighted by Crippen LogP contribution is -2.57. The molecular weight excluding hydrogens is 212 g/mol. The summed E-state index contributed by atoms with van der Waals surface area (Å²) in [5, 5.41) is 3.63. The minimum Gasteiger partial charge on any atom is -0.380 e. The lowest BCUT2D eigenvalue weighted by atomic mass is 9.85. The van der Waals surface area contributed by atoms with Crippen molar-refractivity contribution in [2.75, 3.05) is 26.3 Å². The third-order valence-electron chi connectivity index (χ3n) is 4.69.